The van der Waals surface area contributed by atoms with Crippen LogP contribution in [0, 0.1) is 16.7 Å². The first-order chi connectivity index (χ1) is 6.42. The van der Waals surface area contributed by atoms with E-state index in [1.54, 1.807) is 0 Å². The van der Waals surface area contributed by atoms with Gasteiger partial charge in [-0.15, -0.1) is 0 Å². The van der Waals surface area contributed by atoms with Crippen molar-refractivity contribution in [2.24, 2.45) is 16.7 Å². The van der Waals surface area contributed by atoms with Gasteiger partial charge in [0.25, 0.3) is 0 Å². The summed E-state index contributed by atoms with van der Waals surface area (Å²) < 4.78 is 5.00. The van der Waals surface area contributed by atoms with Crippen LogP contribution in [0.3, 0.4) is 0 Å². The fourth-order valence-electron chi connectivity index (χ4n) is 2.79. The van der Waals surface area contributed by atoms with Gasteiger partial charge in [-0.25, -0.2) is 0 Å². The largest absolute Gasteiger partial charge is 0.481 e. The van der Waals surface area contributed by atoms with E-state index >= 15 is 0 Å². The Labute approximate surface area is 82.2 Å². The highest BCUT2D eigenvalue weighted by Gasteiger charge is 2.65. The molecular weight excluding hydrogens is 184 g/mol. The zero-order chi connectivity index (χ0) is 10.6. The van der Waals surface area contributed by atoms with Crippen molar-refractivity contribution in [2.45, 2.75) is 26.7 Å². The molecule has 3 atom stereocenters. The molecule has 2 rings (SSSR count). The van der Waals surface area contributed by atoms with Crippen LogP contribution in [0.4, 0.5) is 0 Å². The highest BCUT2D eigenvalue weighted by molar-refractivity contribution is 5.83. The van der Waals surface area contributed by atoms with Crippen LogP contribution in [-0.2, 0) is 14.3 Å². The molecule has 0 radical (unpaired) electrons. The van der Waals surface area contributed by atoms with E-state index in [2.05, 4.69) is 0 Å². The van der Waals surface area contributed by atoms with Crippen LogP contribution in [0.2, 0.25) is 0 Å². The van der Waals surface area contributed by atoms with Crippen molar-refractivity contribution in [1.82, 2.24) is 0 Å². The molecule has 0 aromatic carbocycles. The molecule has 1 unspecified atom stereocenters. The molecule has 4 heteroatoms. The number of aliphatic carboxylic acids is 1. The third-order valence-electron chi connectivity index (χ3n) is 4.21. The zero-order valence-electron chi connectivity index (χ0n) is 8.37. The molecule has 14 heavy (non-hydrogen) atoms. The molecule has 0 aromatic rings. The number of carbonyl (C=O) groups excluding carboxylic acids is 1. The van der Waals surface area contributed by atoms with Gasteiger partial charge in [-0.3, -0.25) is 9.59 Å². The number of carboxylic acid groups (broad SMARTS) is 1. The molecule has 0 bridgehead atoms. The summed E-state index contributed by atoms with van der Waals surface area (Å²) in [7, 11) is 0. The minimum Gasteiger partial charge on any atom is -0.481 e. The van der Waals surface area contributed by atoms with Crippen LogP contribution < -0.4 is 0 Å². The zero-order valence-corrected chi connectivity index (χ0v) is 8.37. The van der Waals surface area contributed by atoms with E-state index in [0.717, 1.165) is 0 Å². The summed E-state index contributed by atoms with van der Waals surface area (Å²) in [5.74, 6) is -1.49. The molecule has 0 spiro atoms. The fraction of sp³-hybridized carbons (Fsp3) is 0.800. The number of cyclic esters (lactones) is 1. The third-order valence-corrected chi connectivity index (χ3v) is 4.21. The second-order valence-corrected chi connectivity index (χ2v) is 4.76. The third kappa shape index (κ3) is 0.837. The second-order valence-electron chi connectivity index (χ2n) is 4.76. The molecule has 2 fully saturated rings. The van der Waals surface area contributed by atoms with E-state index in [-0.39, 0.29) is 12.6 Å². The Hall–Kier alpha value is -1.06. The molecule has 4 nitrogen and oxygen atoms in total. The second kappa shape index (κ2) is 2.49. The van der Waals surface area contributed by atoms with Gasteiger partial charge >= 0.3 is 11.9 Å². The van der Waals surface area contributed by atoms with Crippen LogP contribution in [0.1, 0.15) is 26.7 Å². The number of fused-ring (bicyclic) bond motifs is 1. The van der Waals surface area contributed by atoms with Crippen LogP contribution in [0.5, 0.6) is 0 Å². The lowest BCUT2D eigenvalue weighted by molar-refractivity contribution is -0.146. The van der Waals surface area contributed by atoms with Crippen molar-refractivity contribution < 1.29 is 19.4 Å². The van der Waals surface area contributed by atoms with E-state index in [0.29, 0.717) is 12.8 Å². The van der Waals surface area contributed by atoms with Crippen LogP contribution >= 0.6 is 0 Å². The summed E-state index contributed by atoms with van der Waals surface area (Å²) in [5, 5.41) is 9.06. The van der Waals surface area contributed by atoms with Gasteiger partial charge in [0, 0.05) is 5.41 Å². The van der Waals surface area contributed by atoms with Gasteiger partial charge in [0.1, 0.15) is 0 Å². The summed E-state index contributed by atoms with van der Waals surface area (Å²) in [6.45, 7) is 3.92. The maximum Gasteiger partial charge on any atom is 0.312 e. The number of hydrogen-bond donors (Lipinski definition) is 1. The highest BCUT2D eigenvalue weighted by atomic mass is 16.5. The number of rotatable bonds is 1. The summed E-state index contributed by atoms with van der Waals surface area (Å²) in [6, 6.07) is 0. The van der Waals surface area contributed by atoms with E-state index in [1.807, 2.05) is 13.8 Å². The predicted octanol–water partition coefficient (Wildman–Crippen LogP) is 1.05. The Morgan fingerprint density at radius 2 is 2.21 bits per heavy atom. The topological polar surface area (TPSA) is 63.6 Å². The van der Waals surface area contributed by atoms with Crippen LogP contribution in [0.15, 0.2) is 0 Å². The first-order valence-electron chi connectivity index (χ1n) is 4.82. The highest BCUT2D eigenvalue weighted by Crippen LogP contribution is 2.60. The molecule has 1 saturated heterocycles. The number of ether oxygens (including phenoxy) is 1. The van der Waals surface area contributed by atoms with Crippen LogP contribution in [-0.4, -0.2) is 23.7 Å². The first-order valence-corrected chi connectivity index (χ1v) is 4.82. The fourth-order valence-corrected chi connectivity index (χ4v) is 2.79. The molecule has 2 aliphatic rings. The van der Waals surface area contributed by atoms with Gasteiger partial charge in [0.15, 0.2) is 0 Å². The lowest BCUT2D eigenvalue weighted by atomic mass is 9.66. The summed E-state index contributed by atoms with van der Waals surface area (Å²) in [4.78, 5) is 22.6. The number of carboxylic acids is 1. The van der Waals surface area contributed by atoms with Gasteiger partial charge in [-0.2, -0.15) is 0 Å². The van der Waals surface area contributed by atoms with E-state index in [1.165, 1.54) is 0 Å². The smallest absolute Gasteiger partial charge is 0.312 e. The average molecular weight is 198 g/mol. The average Bonchev–Trinajstić information content (AvgIpc) is 2.47. The van der Waals surface area contributed by atoms with Crippen LogP contribution in [0.25, 0.3) is 0 Å². The normalized spacial score (nSPS) is 46.1. The minimum absolute atomic E-state index is 0.233. The molecule has 0 amide bonds. The van der Waals surface area contributed by atoms with Crippen molar-refractivity contribution in [3.05, 3.63) is 0 Å². The summed E-state index contributed by atoms with van der Waals surface area (Å²) in [6.07, 6.45) is 1.21. The lowest BCUT2D eigenvalue weighted by Gasteiger charge is -2.31. The van der Waals surface area contributed by atoms with Crippen molar-refractivity contribution in [3.8, 4) is 0 Å². The lowest BCUT2D eigenvalue weighted by Crippen LogP contribution is -2.40. The number of carbonyl (C=O) groups is 2. The quantitative estimate of drug-likeness (QED) is 0.639. The molecule has 78 valence electrons. The van der Waals surface area contributed by atoms with Crippen molar-refractivity contribution in [3.63, 3.8) is 0 Å². The Morgan fingerprint density at radius 3 is 2.79 bits per heavy atom. The Morgan fingerprint density at radius 1 is 1.57 bits per heavy atom. The van der Waals surface area contributed by atoms with Gasteiger partial charge in [0.05, 0.1) is 17.9 Å². The Kier molecular flexibility index (Phi) is 1.69. The number of esters is 1. The van der Waals surface area contributed by atoms with Gasteiger partial charge < -0.3 is 9.84 Å². The van der Waals surface area contributed by atoms with Crippen molar-refractivity contribution in [1.29, 1.82) is 0 Å². The minimum atomic E-state index is -0.811. The molecule has 1 saturated carbocycles. The summed E-state index contributed by atoms with van der Waals surface area (Å²) in [5.41, 5.74) is -1.11. The standard InChI is InChI=1S/C10H14O4/c1-9-4-3-6(7(11)12)10(9,2)5-14-8(9)13/h6H,3-5H2,1-2H3,(H,11,12)/t6?,9-,10+/m0/s1. The van der Waals surface area contributed by atoms with E-state index in [4.69, 9.17) is 9.84 Å². The SMILES string of the molecule is C[C@@]12CCC(C(=O)O)[C@@]1(C)COC2=O. The molecule has 1 aliphatic heterocycles. The summed E-state index contributed by atoms with van der Waals surface area (Å²) >= 11 is 0. The molecular formula is C10H14O4. The Balaban J connectivity index is 2.42. The van der Waals surface area contributed by atoms with E-state index in [9.17, 15) is 9.59 Å². The van der Waals surface area contributed by atoms with Gasteiger partial charge in [-0.05, 0) is 19.8 Å². The molecule has 1 aliphatic carbocycles. The Bertz CT molecular complexity index is 311. The predicted molar refractivity (Wildman–Crippen MR) is 47.5 cm³/mol. The van der Waals surface area contributed by atoms with Crippen molar-refractivity contribution in [2.75, 3.05) is 6.61 Å². The van der Waals surface area contributed by atoms with E-state index < -0.39 is 22.7 Å². The van der Waals surface area contributed by atoms with Gasteiger partial charge in [0.2, 0.25) is 0 Å². The molecule has 1 N–H and O–H groups in total. The number of hydrogen-bond acceptors (Lipinski definition) is 3. The van der Waals surface area contributed by atoms with Gasteiger partial charge in [-0.1, -0.05) is 6.92 Å². The molecule has 1 heterocycles. The van der Waals surface area contributed by atoms with Crippen molar-refractivity contribution >= 4 is 11.9 Å². The first kappa shape index (κ1) is 9.49. The maximum atomic E-state index is 11.5. The monoisotopic (exact) mass is 198 g/mol. The molecule has 0 aromatic heterocycles. The maximum absolute atomic E-state index is 11.5.